The number of alkyl halides is 3. The van der Waals surface area contributed by atoms with Crippen LogP contribution in [0.3, 0.4) is 0 Å². The van der Waals surface area contributed by atoms with Crippen LogP contribution in [0.5, 0.6) is 0 Å². The second-order valence-corrected chi connectivity index (χ2v) is 12.0. The number of aliphatic hydroxyl groups excluding tert-OH is 2. The third-order valence-electron chi connectivity index (χ3n) is 5.17. The van der Waals surface area contributed by atoms with Gasteiger partial charge in [-0.1, -0.05) is 0 Å². The molecule has 0 aromatic rings. The normalized spacial score (nSPS) is 47.1. The van der Waals surface area contributed by atoms with Gasteiger partial charge in [0.05, 0.1) is 0 Å². The van der Waals surface area contributed by atoms with Crippen molar-refractivity contribution in [3.05, 3.63) is 0 Å². The minimum atomic E-state index is -0.935. The Bertz CT molecular complexity index is 277. The van der Waals surface area contributed by atoms with E-state index in [0.717, 1.165) is 5.92 Å². The van der Waals surface area contributed by atoms with Gasteiger partial charge in [0.15, 0.2) is 0 Å². The van der Waals surface area contributed by atoms with E-state index in [2.05, 4.69) is 6.92 Å². The Labute approximate surface area is 105 Å². The van der Waals surface area contributed by atoms with Crippen LogP contribution in [0.15, 0.2) is 0 Å². The summed E-state index contributed by atoms with van der Waals surface area (Å²) in [4.78, 5) is 0. The summed E-state index contributed by atoms with van der Waals surface area (Å²) < 4.78 is 3.43. The molecule has 2 aliphatic heterocycles. The second kappa shape index (κ2) is 4.09. The molecular formula is C13H23IO2. The Hall–Kier alpha value is 0.650. The molecule has 0 bridgehead atoms. The molecule has 94 valence electrons. The average Bonchev–Trinajstić information content (AvgIpc) is 2.98. The first-order valence-corrected chi connectivity index (χ1v) is 10.9. The van der Waals surface area contributed by atoms with Crippen molar-refractivity contribution in [1.82, 2.24) is 0 Å². The molecule has 3 fully saturated rings. The molecule has 3 unspecified atom stereocenters. The molecule has 1 saturated carbocycles. The molecule has 2 N–H and O–H groups in total. The van der Waals surface area contributed by atoms with Crippen LogP contribution in [0.4, 0.5) is 0 Å². The van der Waals surface area contributed by atoms with Crippen molar-refractivity contribution in [3.8, 4) is 0 Å². The molecular weight excluding hydrogens is 315 g/mol. The number of rotatable bonds is 2. The third-order valence-corrected chi connectivity index (χ3v) is 13.1. The molecule has 1 aliphatic carbocycles. The molecule has 2 saturated heterocycles. The number of aliphatic hydroxyl groups is 2. The summed E-state index contributed by atoms with van der Waals surface area (Å²) in [7, 11) is 0. The molecule has 3 heteroatoms. The van der Waals surface area contributed by atoms with Crippen molar-refractivity contribution in [3.63, 3.8) is 0 Å². The van der Waals surface area contributed by atoms with Gasteiger partial charge in [0.25, 0.3) is 0 Å². The van der Waals surface area contributed by atoms with Crippen molar-refractivity contribution < 1.29 is 10.2 Å². The summed E-state index contributed by atoms with van der Waals surface area (Å²) >= 11 is -0.935. The Morgan fingerprint density at radius 3 is 2.69 bits per heavy atom. The first-order chi connectivity index (χ1) is 7.73. The van der Waals surface area contributed by atoms with E-state index >= 15 is 0 Å². The van der Waals surface area contributed by atoms with Gasteiger partial charge in [-0.15, -0.1) is 0 Å². The van der Waals surface area contributed by atoms with Crippen molar-refractivity contribution in [2.45, 2.75) is 42.6 Å². The van der Waals surface area contributed by atoms with Crippen molar-refractivity contribution in [1.29, 1.82) is 0 Å². The fraction of sp³-hybridized carbons (Fsp3) is 1.00. The monoisotopic (exact) mass is 338 g/mol. The zero-order valence-corrected chi connectivity index (χ0v) is 12.2. The molecule has 0 aromatic heterocycles. The zero-order valence-electron chi connectivity index (χ0n) is 10.0. The van der Waals surface area contributed by atoms with Crippen molar-refractivity contribution in [2.75, 3.05) is 15.5 Å². The summed E-state index contributed by atoms with van der Waals surface area (Å²) in [5, 5.41) is 20.2. The maximum absolute atomic E-state index is 10.7. The Morgan fingerprint density at radius 1 is 1.38 bits per heavy atom. The van der Waals surface area contributed by atoms with E-state index < -0.39 is 19.8 Å². The molecule has 3 aliphatic rings. The minimum absolute atomic E-state index is 0.0453. The molecule has 2 heterocycles. The van der Waals surface area contributed by atoms with E-state index in [-0.39, 0.29) is 6.10 Å². The van der Waals surface area contributed by atoms with Crippen LogP contribution >= 0.6 is 19.8 Å². The molecule has 0 amide bonds. The zero-order chi connectivity index (χ0) is 11.3. The molecule has 1 spiro atoms. The van der Waals surface area contributed by atoms with Crippen LogP contribution in [0.25, 0.3) is 0 Å². The standard InChI is InChI=1S/C13H23IO2/c1-2-10-7-14-6-3-9(8-15)11(14)12(16)13(10)4-5-13/h9-12,15-16H,2-8H2,1H3/t9?,10?,11-,12?/m1/s1. The van der Waals surface area contributed by atoms with E-state index in [4.69, 9.17) is 0 Å². The van der Waals surface area contributed by atoms with E-state index in [1.54, 1.807) is 0 Å². The maximum atomic E-state index is 10.7. The molecule has 3 rings (SSSR count). The Morgan fingerprint density at radius 2 is 2.12 bits per heavy atom. The fourth-order valence-electron chi connectivity index (χ4n) is 3.93. The van der Waals surface area contributed by atoms with Crippen LogP contribution < -0.4 is 0 Å². The first-order valence-electron chi connectivity index (χ1n) is 6.62. The summed E-state index contributed by atoms with van der Waals surface area (Å²) in [5.74, 6) is 1.27. The molecule has 2 nitrogen and oxygen atoms in total. The van der Waals surface area contributed by atoms with Crippen molar-refractivity contribution >= 4 is 19.8 Å². The Kier molecular flexibility index (Phi) is 3.00. The SMILES string of the molecule is CCC1CI2CCC(CO)[C@@H]2C(O)C12CC2. The molecule has 4 atom stereocenters. The van der Waals surface area contributed by atoms with Gasteiger partial charge < -0.3 is 0 Å². The topological polar surface area (TPSA) is 40.5 Å². The van der Waals surface area contributed by atoms with Crippen molar-refractivity contribution in [2.24, 2.45) is 17.3 Å². The first kappa shape index (κ1) is 11.7. The van der Waals surface area contributed by atoms with Crippen LogP contribution in [-0.4, -0.2) is 35.7 Å². The summed E-state index contributed by atoms with van der Waals surface area (Å²) in [6.07, 6.45) is 4.93. The Balaban J connectivity index is 1.85. The molecule has 0 radical (unpaired) electrons. The summed E-state index contributed by atoms with van der Waals surface area (Å²) in [6, 6.07) is 0. The van der Waals surface area contributed by atoms with Gasteiger partial charge in [-0.2, -0.15) is 0 Å². The number of halogens is 1. The van der Waals surface area contributed by atoms with Gasteiger partial charge >= 0.3 is 105 Å². The third kappa shape index (κ3) is 1.50. The van der Waals surface area contributed by atoms with Crippen LogP contribution in [-0.2, 0) is 0 Å². The van der Waals surface area contributed by atoms with Gasteiger partial charge in [-0.3, -0.25) is 0 Å². The predicted molar refractivity (Wildman–Crippen MR) is 74.2 cm³/mol. The van der Waals surface area contributed by atoms with Crippen LogP contribution in [0.2, 0.25) is 0 Å². The van der Waals surface area contributed by atoms with Gasteiger partial charge in [0.2, 0.25) is 0 Å². The van der Waals surface area contributed by atoms with Crippen LogP contribution in [0, 0.1) is 17.3 Å². The number of hydrogen-bond donors (Lipinski definition) is 2. The van der Waals surface area contributed by atoms with E-state index in [0.29, 0.717) is 21.9 Å². The molecule has 0 aromatic carbocycles. The van der Waals surface area contributed by atoms with Gasteiger partial charge in [0.1, 0.15) is 0 Å². The van der Waals surface area contributed by atoms with Crippen LogP contribution in [0.1, 0.15) is 32.6 Å². The van der Waals surface area contributed by atoms with E-state index in [9.17, 15) is 10.2 Å². The second-order valence-electron chi connectivity index (χ2n) is 5.80. The summed E-state index contributed by atoms with van der Waals surface area (Å²) in [6.45, 7) is 2.62. The summed E-state index contributed by atoms with van der Waals surface area (Å²) in [5.41, 5.74) is 0.311. The molecule has 16 heavy (non-hydrogen) atoms. The van der Waals surface area contributed by atoms with Gasteiger partial charge in [-0.05, 0) is 0 Å². The predicted octanol–water partition coefficient (Wildman–Crippen LogP) is 2.05. The quantitative estimate of drug-likeness (QED) is 0.598. The number of hydrogen-bond acceptors (Lipinski definition) is 2. The van der Waals surface area contributed by atoms with Gasteiger partial charge in [-0.25, -0.2) is 0 Å². The average molecular weight is 338 g/mol. The fourth-order valence-corrected chi connectivity index (χ4v) is 13.8. The number of fused-ring (bicyclic) bond motifs is 1. The van der Waals surface area contributed by atoms with E-state index in [1.165, 1.54) is 34.5 Å². The van der Waals surface area contributed by atoms with Gasteiger partial charge in [0, 0.05) is 0 Å². The van der Waals surface area contributed by atoms with E-state index in [1.807, 2.05) is 0 Å².